The third-order valence-electron chi connectivity index (χ3n) is 7.50. The summed E-state index contributed by atoms with van der Waals surface area (Å²) in [5.41, 5.74) is 4.06. The van der Waals surface area contributed by atoms with Gasteiger partial charge in [0.05, 0.1) is 26.0 Å². The number of nitrogens with zero attached hydrogens (tertiary/aromatic N) is 2. The number of nitrogens with one attached hydrogen (secondary N) is 1. The predicted molar refractivity (Wildman–Crippen MR) is 175 cm³/mol. The Morgan fingerprint density at radius 2 is 1.62 bits per heavy atom. The largest absolute Gasteiger partial charge is 0.469 e. The van der Waals surface area contributed by atoms with Crippen LogP contribution in [0.5, 0.6) is 0 Å². The van der Waals surface area contributed by atoms with Crippen LogP contribution in [-0.4, -0.2) is 65.6 Å². The van der Waals surface area contributed by atoms with Crippen LogP contribution in [0.3, 0.4) is 0 Å². The van der Waals surface area contributed by atoms with Gasteiger partial charge in [-0.15, -0.1) is 0 Å². The smallest absolute Gasteiger partial charge is 0.339 e. The van der Waals surface area contributed by atoms with Crippen LogP contribution in [0.2, 0.25) is 5.02 Å². The second-order valence-corrected chi connectivity index (χ2v) is 11.8. The maximum Gasteiger partial charge on any atom is 0.339 e. The summed E-state index contributed by atoms with van der Waals surface area (Å²) in [6.07, 6.45) is -2.09. The van der Waals surface area contributed by atoms with Crippen LogP contribution in [0.4, 0.5) is 8.78 Å². The molecule has 12 nitrogen and oxygen atoms in total. The second kappa shape index (κ2) is 17.5. The summed E-state index contributed by atoms with van der Waals surface area (Å²) in [4.78, 5) is 50.0. The molecule has 0 aliphatic heterocycles. The lowest BCUT2D eigenvalue weighted by atomic mass is 9.93. The first kappa shape index (κ1) is 37.6. The van der Waals surface area contributed by atoms with Gasteiger partial charge in [0, 0.05) is 28.8 Å². The van der Waals surface area contributed by atoms with Gasteiger partial charge in [-0.2, -0.15) is 0 Å². The Balaban J connectivity index is 1.46. The van der Waals surface area contributed by atoms with Gasteiger partial charge in [-0.05, 0) is 47.4 Å². The molecule has 0 radical (unpaired) electrons. The van der Waals surface area contributed by atoms with E-state index >= 15 is 0 Å². The van der Waals surface area contributed by atoms with Crippen molar-refractivity contribution in [2.45, 2.75) is 32.9 Å². The first-order chi connectivity index (χ1) is 23.9. The van der Waals surface area contributed by atoms with E-state index in [4.69, 9.17) is 25.6 Å². The molecule has 0 aliphatic carbocycles. The molecule has 15 heteroatoms. The topological polar surface area (TPSA) is 158 Å². The summed E-state index contributed by atoms with van der Waals surface area (Å²) in [5, 5.41) is 16.0. The van der Waals surface area contributed by atoms with Crippen LogP contribution < -0.4 is 5.43 Å². The summed E-state index contributed by atoms with van der Waals surface area (Å²) >= 11 is 6.03. The number of carbonyl (C=O) groups excluding carboxylic acids is 4. The molecule has 0 saturated heterocycles. The highest BCUT2D eigenvalue weighted by Crippen LogP contribution is 2.27. The summed E-state index contributed by atoms with van der Waals surface area (Å²) < 4.78 is 48.4. The van der Waals surface area contributed by atoms with Crippen molar-refractivity contribution in [1.29, 1.82) is 0 Å². The highest BCUT2D eigenvalue weighted by molar-refractivity contribution is 6.30. The summed E-state index contributed by atoms with van der Waals surface area (Å²) in [5.74, 6) is -5.92. The van der Waals surface area contributed by atoms with E-state index in [1.807, 2.05) is 0 Å². The molecule has 1 aromatic heterocycles. The number of ether oxygens (including phenoxy) is 3. The lowest BCUT2D eigenvalue weighted by molar-refractivity contribution is -0.178. The molecule has 50 heavy (non-hydrogen) atoms. The van der Waals surface area contributed by atoms with E-state index in [-0.39, 0.29) is 41.5 Å². The molecule has 2 N–H and O–H groups in total. The van der Waals surface area contributed by atoms with Crippen LogP contribution >= 0.6 is 11.6 Å². The van der Waals surface area contributed by atoms with Crippen molar-refractivity contribution in [3.8, 4) is 22.4 Å². The van der Waals surface area contributed by atoms with Crippen molar-refractivity contribution < 1.29 is 51.8 Å². The number of amides is 1. The molecule has 4 rings (SSSR count). The molecule has 1 amide bonds. The molecule has 4 aromatic rings. The van der Waals surface area contributed by atoms with E-state index in [0.717, 1.165) is 0 Å². The maximum atomic E-state index is 14.4. The van der Waals surface area contributed by atoms with Crippen molar-refractivity contribution >= 4 is 35.4 Å². The molecule has 0 fully saturated rings. The third kappa shape index (κ3) is 10.2. The fourth-order valence-electron chi connectivity index (χ4n) is 4.74. The molecule has 1 heterocycles. The van der Waals surface area contributed by atoms with Crippen molar-refractivity contribution in [2.24, 2.45) is 11.8 Å². The number of hydrazine groups is 1. The van der Waals surface area contributed by atoms with Gasteiger partial charge in [0.1, 0.15) is 17.3 Å². The zero-order valence-electron chi connectivity index (χ0n) is 27.2. The number of aliphatic hydroxyl groups excluding tert-OH is 1. The van der Waals surface area contributed by atoms with Crippen molar-refractivity contribution in [3.63, 3.8) is 0 Å². The average molecular weight is 714 g/mol. The summed E-state index contributed by atoms with van der Waals surface area (Å²) in [7, 11) is 1.19. The average Bonchev–Trinajstić information content (AvgIpc) is 3.59. The highest BCUT2D eigenvalue weighted by Gasteiger charge is 2.29. The number of hydrogen-bond acceptors (Lipinski definition) is 11. The van der Waals surface area contributed by atoms with Gasteiger partial charge < -0.3 is 23.8 Å². The first-order valence-corrected chi connectivity index (χ1v) is 15.6. The molecule has 0 bridgehead atoms. The molecule has 2 atom stereocenters. The Morgan fingerprint density at radius 3 is 2.30 bits per heavy atom. The predicted octanol–water partition coefficient (Wildman–Crippen LogP) is 5.33. The number of halogens is 3. The van der Waals surface area contributed by atoms with Gasteiger partial charge in [0.15, 0.2) is 6.10 Å². The zero-order valence-corrected chi connectivity index (χ0v) is 28.0. The maximum absolute atomic E-state index is 14.4. The van der Waals surface area contributed by atoms with E-state index in [1.165, 1.54) is 54.6 Å². The number of aromatic nitrogens is 1. The van der Waals surface area contributed by atoms with Gasteiger partial charge in [0.2, 0.25) is 12.6 Å². The Labute approximate surface area is 290 Å². The lowest BCUT2D eigenvalue weighted by Gasteiger charge is -2.25. The van der Waals surface area contributed by atoms with Gasteiger partial charge in [-0.3, -0.25) is 19.8 Å². The van der Waals surface area contributed by atoms with Crippen molar-refractivity contribution in [1.82, 2.24) is 15.6 Å². The quantitative estimate of drug-likeness (QED) is 0.0933. The fourth-order valence-corrected chi connectivity index (χ4v) is 4.91. The number of carbonyl (C=O) groups is 4. The third-order valence-corrected chi connectivity index (χ3v) is 7.73. The number of benzene rings is 3. The fraction of sp³-hybridized carbons (Fsp3) is 0.286. The monoisotopic (exact) mass is 713 g/mol. The number of rotatable bonds is 15. The van der Waals surface area contributed by atoms with Crippen LogP contribution in [0.1, 0.15) is 36.4 Å². The first-order valence-electron chi connectivity index (χ1n) is 15.3. The molecule has 0 unspecified atom stereocenters. The van der Waals surface area contributed by atoms with E-state index in [0.29, 0.717) is 16.1 Å². The summed E-state index contributed by atoms with van der Waals surface area (Å²) in [6, 6.07) is 17.7. The number of aliphatic hydroxyl groups is 1. The Kier molecular flexibility index (Phi) is 13.1. The van der Waals surface area contributed by atoms with E-state index in [1.54, 1.807) is 44.2 Å². The van der Waals surface area contributed by atoms with E-state index < -0.39 is 60.8 Å². The number of methoxy groups -OCH3 is 1. The van der Waals surface area contributed by atoms with Crippen LogP contribution in [0.25, 0.3) is 22.4 Å². The van der Waals surface area contributed by atoms with Gasteiger partial charge >= 0.3 is 23.8 Å². The standard InChI is InChI=1S/C35H34ClF2N3O9/c1-20(2)25(15-32(43)47-3)34(45)48-19-49-35(46)30(42)18-41(17-21-8-10-22(11-9-21)26-14-23(36)12-13-28(26)38)39-33(44)31-16-29(40-50-31)24-6-4-5-7-27(24)37/h4-14,16,20,25,30,42H,15,17-19H2,1-3H3,(H,39,44)/t25-,30+/m0/s1. The summed E-state index contributed by atoms with van der Waals surface area (Å²) in [6.45, 7) is 1.96. The SMILES string of the molecule is COC(=O)C[C@H](C(=O)OCOC(=O)[C@H](O)CN(Cc1ccc(-c2cc(Cl)ccc2F)cc1)NC(=O)c1cc(-c2ccccc2F)no1)C(C)C. The highest BCUT2D eigenvalue weighted by atomic mass is 35.5. The Morgan fingerprint density at radius 1 is 0.940 bits per heavy atom. The lowest BCUT2D eigenvalue weighted by Crippen LogP contribution is -2.47. The minimum Gasteiger partial charge on any atom is -0.469 e. The number of hydrogen-bond donors (Lipinski definition) is 2. The molecule has 0 spiro atoms. The van der Waals surface area contributed by atoms with Crippen molar-refractivity contribution in [2.75, 3.05) is 20.4 Å². The number of esters is 3. The molecular formula is C35H34ClF2N3O9. The molecule has 0 saturated carbocycles. The minimum atomic E-state index is -1.85. The van der Waals surface area contributed by atoms with Gasteiger partial charge in [0.25, 0.3) is 0 Å². The normalized spacial score (nSPS) is 12.3. The Hall–Kier alpha value is -5.18. The minimum absolute atomic E-state index is 0.0630. The van der Waals surface area contributed by atoms with Gasteiger partial charge in [-0.1, -0.05) is 67.0 Å². The Bertz CT molecular complexity index is 1820. The van der Waals surface area contributed by atoms with Crippen LogP contribution in [0, 0.1) is 23.5 Å². The van der Waals surface area contributed by atoms with E-state index in [9.17, 15) is 33.1 Å². The van der Waals surface area contributed by atoms with Crippen LogP contribution in [0.15, 0.2) is 77.3 Å². The molecule has 0 aliphatic rings. The van der Waals surface area contributed by atoms with E-state index in [2.05, 4.69) is 15.3 Å². The van der Waals surface area contributed by atoms with Crippen molar-refractivity contribution in [3.05, 3.63) is 101 Å². The molecular weight excluding hydrogens is 680 g/mol. The van der Waals surface area contributed by atoms with Gasteiger partial charge in [-0.25, -0.2) is 18.6 Å². The molecule has 264 valence electrons. The molecule has 3 aromatic carbocycles. The second-order valence-electron chi connectivity index (χ2n) is 11.4. The van der Waals surface area contributed by atoms with Crippen LogP contribution in [-0.2, 0) is 35.1 Å². The zero-order chi connectivity index (χ0) is 36.4.